The Kier molecular flexibility index (Phi) is 3.44. The van der Waals surface area contributed by atoms with Gasteiger partial charge in [-0.1, -0.05) is 29.8 Å². The molecule has 0 aliphatic heterocycles. The summed E-state index contributed by atoms with van der Waals surface area (Å²) in [4.78, 5) is 2.07. The van der Waals surface area contributed by atoms with Gasteiger partial charge < -0.3 is 10.2 Å². The fourth-order valence-electron chi connectivity index (χ4n) is 3.48. The van der Waals surface area contributed by atoms with Crippen LogP contribution >= 0.6 is 11.6 Å². The fourth-order valence-corrected chi connectivity index (χ4v) is 3.83. The molecule has 3 heteroatoms. The lowest BCUT2D eigenvalue weighted by Gasteiger charge is -2.23. The number of benzene rings is 1. The minimum atomic E-state index is 0.781. The average Bonchev–Trinajstić information content (AvgIpc) is 2.97. The maximum Gasteiger partial charge on any atom is 0.0786 e. The Morgan fingerprint density at radius 2 is 2.11 bits per heavy atom. The maximum absolute atomic E-state index is 6.29. The largest absolute Gasteiger partial charge is 0.383 e. The van der Waals surface area contributed by atoms with Crippen LogP contribution in [0.1, 0.15) is 12.8 Å². The second-order valence-corrected chi connectivity index (χ2v) is 6.36. The Morgan fingerprint density at radius 1 is 1.26 bits per heavy atom. The zero-order valence-electron chi connectivity index (χ0n) is 11.6. The number of halogens is 1. The van der Waals surface area contributed by atoms with Gasteiger partial charge in [0.25, 0.3) is 0 Å². The molecule has 1 aromatic carbocycles. The second kappa shape index (κ2) is 5.09. The van der Waals surface area contributed by atoms with Gasteiger partial charge in [-0.3, -0.25) is 0 Å². The predicted molar refractivity (Wildman–Crippen MR) is 83.1 cm³/mol. The van der Waals surface area contributed by atoms with Gasteiger partial charge in [-0.05, 0) is 42.7 Å². The molecule has 1 fully saturated rings. The summed E-state index contributed by atoms with van der Waals surface area (Å²) < 4.78 is 0. The molecule has 3 unspecified atom stereocenters. The van der Waals surface area contributed by atoms with Crippen LogP contribution in [0.3, 0.4) is 0 Å². The van der Waals surface area contributed by atoms with Crippen LogP contribution in [0.2, 0.25) is 5.02 Å². The maximum atomic E-state index is 6.29. The summed E-state index contributed by atoms with van der Waals surface area (Å²) in [5.41, 5.74) is 2.23. The van der Waals surface area contributed by atoms with E-state index in [0.29, 0.717) is 0 Å². The Bertz CT molecular complexity index is 496. The molecule has 1 aromatic rings. The number of para-hydroxylation sites is 1. The molecule has 0 aromatic heterocycles. The van der Waals surface area contributed by atoms with Crippen molar-refractivity contribution in [1.29, 1.82) is 0 Å². The summed E-state index contributed by atoms with van der Waals surface area (Å²) in [5, 5.41) is 4.41. The molecule has 19 heavy (non-hydrogen) atoms. The number of nitrogens with one attached hydrogen (secondary N) is 1. The van der Waals surface area contributed by atoms with E-state index < -0.39 is 0 Å². The lowest BCUT2D eigenvalue weighted by atomic mass is 9.93. The lowest BCUT2D eigenvalue weighted by Crippen LogP contribution is -2.20. The van der Waals surface area contributed by atoms with Crippen LogP contribution in [0.5, 0.6) is 0 Å². The van der Waals surface area contributed by atoms with Crippen molar-refractivity contribution in [3.8, 4) is 0 Å². The van der Waals surface area contributed by atoms with Gasteiger partial charge >= 0.3 is 0 Å². The van der Waals surface area contributed by atoms with Gasteiger partial charge in [0.05, 0.1) is 16.4 Å². The molecule has 0 heterocycles. The van der Waals surface area contributed by atoms with E-state index in [9.17, 15) is 0 Å². The highest BCUT2D eigenvalue weighted by Gasteiger charge is 2.35. The molecule has 2 aliphatic rings. The van der Waals surface area contributed by atoms with E-state index in [1.54, 1.807) is 0 Å². The van der Waals surface area contributed by atoms with Crippen molar-refractivity contribution in [2.75, 3.05) is 30.9 Å². The van der Waals surface area contributed by atoms with E-state index in [1.165, 1.54) is 12.8 Å². The monoisotopic (exact) mass is 276 g/mol. The Labute approximate surface area is 120 Å². The third kappa shape index (κ3) is 2.46. The molecular formula is C16H21ClN2. The van der Waals surface area contributed by atoms with Crippen molar-refractivity contribution in [3.63, 3.8) is 0 Å². The highest BCUT2D eigenvalue weighted by atomic mass is 35.5. The van der Waals surface area contributed by atoms with Crippen LogP contribution < -0.4 is 10.2 Å². The molecule has 2 bridgehead atoms. The summed E-state index contributed by atoms with van der Waals surface area (Å²) in [6.45, 7) is 1.05. The molecule has 102 valence electrons. The van der Waals surface area contributed by atoms with E-state index in [4.69, 9.17) is 11.6 Å². The highest BCUT2D eigenvalue weighted by molar-refractivity contribution is 6.34. The Morgan fingerprint density at radius 3 is 2.74 bits per heavy atom. The van der Waals surface area contributed by atoms with Crippen molar-refractivity contribution in [1.82, 2.24) is 0 Å². The van der Waals surface area contributed by atoms with Crippen LogP contribution in [0.15, 0.2) is 30.4 Å². The highest BCUT2D eigenvalue weighted by Crippen LogP contribution is 2.43. The first-order valence-electron chi connectivity index (χ1n) is 7.03. The molecule has 0 spiro atoms. The van der Waals surface area contributed by atoms with Crippen molar-refractivity contribution in [3.05, 3.63) is 35.4 Å². The molecule has 2 nitrogen and oxygen atoms in total. The van der Waals surface area contributed by atoms with E-state index in [1.807, 2.05) is 26.2 Å². The van der Waals surface area contributed by atoms with Crippen molar-refractivity contribution in [2.45, 2.75) is 12.8 Å². The molecule has 1 saturated carbocycles. The first-order valence-corrected chi connectivity index (χ1v) is 7.41. The normalized spacial score (nSPS) is 27.8. The average molecular weight is 277 g/mol. The predicted octanol–water partition coefficient (Wildman–Crippen LogP) is 4.03. The minimum absolute atomic E-state index is 0.781. The van der Waals surface area contributed by atoms with Gasteiger partial charge in [-0.25, -0.2) is 0 Å². The zero-order valence-corrected chi connectivity index (χ0v) is 12.3. The van der Waals surface area contributed by atoms with Crippen LogP contribution in [-0.4, -0.2) is 20.6 Å². The number of allylic oxidation sites excluding steroid dienone is 2. The summed E-state index contributed by atoms with van der Waals surface area (Å²) in [6.07, 6.45) is 7.51. The first kappa shape index (κ1) is 12.9. The van der Waals surface area contributed by atoms with E-state index in [0.717, 1.165) is 40.7 Å². The number of nitrogens with zero attached hydrogens (tertiary/aromatic N) is 1. The second-order valence-electron chi connectivity index (χ2n) is 5.95. The number of hydrogen-bond acceptors (Lipinski definition) is 2. The van der Waals surface area contributed by atoms with Crippen LogP contribution in [0, 0.1) is 17.8 Å². The van der Waals surface area contributed by atoms with E-state index in [2.05, 4.69) is 28.4 Å². The summed E-state index contributed by atoms with van der Waals surface area (Å²) in [6, 6.07) is 6.07. The van der Waals surface area contributed by atoms with Gasteiger partial charge in [-0.15, -0.1) is 0 Å². The van der Waals surface area contributed by atoms with Gasteiger partial charge in [0, 0.05) is 20.6 Å². The Hall–Kier alpha value is -1.15. The van der Waals surface area contributed by atoms with Crippen LogP contribution in [-0.2, 0) is 0 Å². The van der Waals surface area contributed by atoms with E-state index >= 15 is 0 Å². The third-order valence-corrected chi connectivity index (χ3v) is 4.71. The van der Waals surface area contributed by atoms with Gasteiger partial charge in [0.15, 0.2) is 0 Å². The topological polar surface area (TPSA) is 15.3 Å². The molecule has 0 amide bonds. The number of anilines is 2. The number of hydrogen-bond donors (Lipinski definition) is 1. The van der Waals surface area contributed by atoms with Gasteiger partial charge in [-0.2, -0.15) is 0 Å². The van der Waals surface area contributed by atoms with Crippen LogP contribution in [0.4, 0.5) is 11.4 Å². The third-order valence-electron chi connectivity index (χ3n) is 4.41. The minimum Gasteiger partial charge on any atom is -0.383 e. The molecule has 0 radical (unpaired) electrons. The summed E-state index contributed by atoms with van der Waals surface area (Å²) >= 11 is 6.29. The molecule has 0 saturated heterocycles. The van der Waals surface area contributed by atoms with Crippen molar-refractivity contribution in [2.24, 2.45) is 17.8 Å². The Balaban J connectivity index is 1.70. The SMILES string of the molecule is CN(C)c1c(Cl)cccc1NCC1CC2C=CC1C2. The molecule has 2 aliphatic carbocycles. The summed E-state index contributed by atoms with van der Waals surface area (Å²) in [5.74, 6) is 2.41. The molecule has 1 N–H and O–H groups in total. The zero-order chi connectivity index (χ0) is 13.4. The first-order chi connectivity index (χ1) is 9.15. The lowest BCUT2D eigenvalue weighted by molar-refractivity contribution is 0.472. The van der Waals surface area contributed by atoms with Crippen molar-refractivity contribution < 1.29 is 0 Å². The quantitative estimate of drug-likeness (QED) is 0.836. The van der Waals surface area contributed by atoms with Gasteiger partial charge in [0.2, 0.25) is 0 Å². The van der Waals surface area contributed by atoms with Crippen LogP contribution in [0.25, 0.3) is 0 Å². The smallest absolute Gasteiger partial charge is 0.0786 e. The van der Waals surface area contributed by atoms with Gasteiger partial charge in [0.1, 0.15) is 0 Å². The number of rotatable bonds is 4. The standard InChI is InChI=1S/C16H21ClN2/c1-19(2)16-14(17)4-3-5-15(16)18-10-13-9-11-6-7-12(13)8-11/h3-7,11-13,18H,8-10H2,1-2H3. The molecule has 3 atom stereocenters. The molecular weight excluding hydrogens is 256 g/mol. The fraction of sp³-hybridized carbons (Fsp3) is 0.500. The van der Waals surface area contributed by atoms with Crippen molar-refractivity contribution >= 4 is 23.0 Å². The molecule has 3 rings (SSSR count). The summed E-state index contributed by atoms with van der Waals surface area (Å²) in [7, 11) is 4.07. The number of fused-ring (bicyclic) bond motifs is 2. The van der Waals surface area contributed by atoms with E-state index in [-0.39, 0.29) is 0 Å².